The lowest BCUT2D eigenvalue weighted by Gasteiger charge is -2.03. The molecule has 0 unspecified atom stereocenters. The van der Waals surface area contributed by atoms with Crippen LogP contribution in [0.5, 0.6) is 11.5 Å². The van der Waals surface area contributed by atoms with Crippen molar-refractivity contribution in [1.82, 2.24) is 0 Å². The van der Waals surface area contributed by atoms with E-state index in [1.807, 2.05) is 0 Å². The SMILES string of the molecule is COc1ccc(C(=O)/C=C/c2ccco2)c(O)c1. The number of phenolic OH excluding ortho intramolecular Hbond substituents is 1. The monoisotopic (exact) mass is 244 g/mol. The Balaban J connectivity index is 2.19. The first-order chi connectivity index (χ1) is 8.70. The summed E-state index contributed by atoms with van der Waals surface area (Å²) in [5.41, 5.74) is 0.221. The molecule has 0 radical (unpaired) electrons. The maximum absolute atomic E-state index is 11.8. The summed E-state index contributed by atoms with van der Waals surface area (Å²) in [4.78, 5) is 11.8. The molecule has 92 valence electrons. The first-order valence-corrected chi connectivity index (χ1v) is 5.33. The lowest BCUT2D eigenvalue weighted by Crippen LogP contribution is -1.95. The van der Waals surface area contributed by atoms with Crippen LogP contribution in [-0.4, -0.2) is 18.0 Å². The molecule has 1 N–H and O–H groups in total. The second kappa shape index (κ2) is 5.23. The lowest BCUT2D eigenvalue weighted by molar-refractivity contribution is 0.104. The van der Waals surface area contributed by atoms with Gasteiger partial charge in [0.15, 0.2) is 5.78 Å². The molecular formula is C14H12O4. The number of ether oxygens (including phenoxy) is 1. The molecule has 0 saturated carbocycles. The molecule has 0 fully saturated rings. The fourth-order valence-corrected chi connectivity index (χ4v) is 1.48. The molecule has 0 atom stereocenters. The number of carbonyl (C=O) groups excluding carboxylic acids is 1. The quantitative estimate of drug-likeness (QED) is 0.663. The molecule has 0 aliphatic heterocycles. The van der Waals surface area contributed by atoms with Crippen molar-refractivity contribution >= 4 is 11.9 Å². The first-order valence-electron chi connectivity index (χ1n) is 5.33. The fraction of sp³-hybridized carbons (Fsp3) is 0.0714. The normalized spacial score (nSPS) is 10.7. The van der Waals surface area contributed by atoms with Gasteiger partial charge in [-0.3, -0.25) is 4.79 Å². The van der Waals surface area contributed by atoms with Crippen LogP contribution >= 0.6 is 0 Å². The van der Waals surface area contributed by atoms with E-state index in [1.165, 1.54) is 31.6 Å². The molecule has 2 aromatic rings. The Labute approximate surface area is 104 Å². The Bertz CT molecular complexity index is 567. The van der Waals surface area contributed by atoms with Gasteiger partial charge in [0.1, 0.15) is 17.3 Å². The summed E-state index contributed by atoms with van der Waals surface area (Å²) in [6, 6.07) is 8.00. The van der Waals surface area contributed by atoms with Crippen molar-refractivity contribution in [3.05, 3.63) is 54.0 Å². The van der Waals surface area contributed by atoms with E-state index in [9.17, 15) is 9.90 Å². The maximum Gasteiger partial charge on any atom is 0.189 e. The highest BCUT2D eigenvalue weighted by molar-refractivity contribution is 6.08. The number of carbonyl (C=O) groups is 1. The van der Waals surface area contributed by atoms with Crippen molar-refractivity contribution < 1.29 is 19.1 Å². The highest BCUT2D eigenvalue weighted by atomic mass is 16.5. The van der Waals surface area contributed by atoms with Crippen LogP contribution in [0.15, 0.2) is 47.1 Å². The molecule has 0 aliphatic rings. The molecule has 2 rings (SSSR count). The molecule has 1 aromatic heterocycles. The largest absolute Gasteiger partial charge is 0.507 e. The molecule has 0 bridgehead atoms. The number of hydrogen-bond acceptors (Lipinski definition) is 4. The zero-order chi connectivity index (χ0) is 13.0. The standard InChI is InChI=1S/C14H12O4/c1-17-11-4-6-12(14(16)9-11)13(15)7-5-10-3-2-8-18-10/h2-9,16H,1H3/b7-5+. The van der Waals surface area contributed by atoms with Crippen LogP contribution in [0.1, 0.15) is 16.1 Å². The van der Waals surface area contributed by atoms with E-state index < -0.39 is 0 Å². The van der Waals surface area contributed by atoms with Crippen LogP contribution < -0.4 is 4.74 Å². The minimum atomic E-state index is -0.299. The number of ketones is 1. The predicted molar refractivity (Wildman–Crippen MR) is 66.7 cm³/mol. The topological polar surface area (TPSA) is 59.7 Å². The zero-order valence-electron chi connectivity index (χ0n) is 9.79. The van der Waals surface area contributed by atoms with Gasteiger partial charge in [-0.1, -0.05) is 0 Å². The second-order valence-corrected chi connectivity index (χ2v) is 3.60. The van der Waals surface area contributed by atoms with Gasteiger partial charge in [0.25, 0.3) is 0 Å². The molecule has 1 aromatic carbocycles. The number of aromatic hydroxyl groups is 1. The maximum atomic E-state index is 11.8. The first kappa shape index (κ1) is 12.0. The number of hydrogen-bond donors (Lipinski definition) is 1. The van der Waals surface area contributed by atoms with E-state index in [1.54, 1.807) is 24.3 Å². The van der Waals surface area contributed by atoms with Gasteiger partial charge in [0.2, 0.25) is 0 Å². The Morgan fingerprint density at radius 2 is 2.22 bits per heavy atom. The van der Waals surface area contributed by atoms with E-state index in [-0.39, 0.29) is 17.1 Å². The number of phenols is 1. The minimum Gasteiger partial charge on any atom is -0.507 e. The molecule has 4 heteroatoms. The van der Waals surface area contributed by atoms with Crippen molar-refractivity contribution in [3.8, 4) is 11.5 Å². The summed E-state index contributed by atoms with van der Waals surface area (Å²) in [5.74, 6) is 0.672. The van der Waals surface area contributed by atoms with E-state index >= 15 is 0 Å². The Hall–Kier alpha value is -2.49. The average Bonchev–Trinajstić information content (AvgIpc) is 2.88. The van der Waals surface area contributed by atoms with Gasteiger partial charge in [-0.25, -0.2) is 0 Å². The van der Waals surface area contributed by atoms with Crippen LogP contribution in [0.2, 0.25) is 0 Å². The fourth-order valence-electron chi connectivity index (χ4n) is 1.48. The molecule has 18 heavy (non-hydrogen) atoms. The highest BCUT2D eigenvalue weighted by Gasteiger charge is 2.09. The van der Waals surface area contributed by atoms with E-state index in [0.717, 1.165) is 0 Å². The Morgan fingerprint density at radius 3 is 2.83 bits per heavy atom. The third kappa shape index (κ3) is 2.60. The summed E-state index contributed by atoms with van der Waals surface area (Å²) >= 11 is 0. The van der Waals surface area contributed by atoms with Gasteiger partial charge >= 0.3 is 0 Å². The predicted octanol–water partition coefficient (Wildman–Crippen LogP) is 2.89. The van der Waals surface area contributed by atoms with Gasteiger partial charge in [-0.05, 0) is 36.4 Å². The highest BCUT2D eigenvalue weighted by Crippen LogP contribution is 2.24. The van der Waals surface area contributed by atoms with Crippen LogP contribution in [-0.2, 0) is 0 Å². The molecule has 4 nitrogen and oxygen atoms in total. The number of methoxy groups -OCH3 is 1. The van der Waals surface area contributed by atoms with Crippen LogP contribution in [0.4, 0.5) is 0 Å². The summed E-state index contributed by atoms with van der Waals surface area (Å²) in [6.45, 7) is 0. The van der Waals surface area contributed by atoms with Gasteiger partial charge < -0.3 is 14.3 Å². The van der Waals surface area contributed by atoms with Gasteiger partial charge in [0, 0.05) is 6.07 Å². The van der Waals surface area contributed by atoms with Gasteiger partial charge in [-0.2, -0.15) is 0 Å². The average molecular weight is 244 g/mol. The summed E-state index contributed by atoms with van der Waals surface area (Å²) in [7, 11) is 1.49. The smallest absolute Gasteiger partial charge is 0.189 e. The molecule has 0 amide bonds. The van der Waals surface area contributed by atoms with Crippen molar-refractivity contribution in [2.75, 3.05) is 7.11 Å². The Kier molecular flexibility index (Phi) is 3.48. The Morgan fingerprint density at radius 1 is 1.39 bits per heavy atom. The van der Waals surface area contributed by atoms with Crippen molar-refractivity contribution in [2.45, 2.75) is 0 Å². The van der Waals surface area contributed by atoms with E-state index in [4.69, 9.17) is 9.15 Å². The molecule has 1 heterocycles. The number of allylic oxidation sites excluding steroid dienone is 1. The molecule has 0 aliphatic carbocycles. The van der Waals surface area contributed by atoms with Crippen molar-refractivity contribution in [2.24, 2.45) is 0 Å². The zero-order valence-corrected chi connectivity index (χ0v) is 9.79. The number of furan rings is 1. The van der Waals surface area contributed by atoms with Crippen molar-refractivity contribution in [3.63, 3.8) is 0 Å². The second-order valence-electron chi connectivity index (χ2n) is 3.60. The third-order valence-electron chi connectivity index (χ3n) is 2.41. The number of rotatable bonds is 4. The van der Waals surface area contributed by atoms with Crippen LogP contribution in [0, 0.1) is 0 Å². The van der Waals surface area contributed by atoms with Crippen LogP contribution in [0.25, 0.3) is 6.08 Å². The van der Waals surface area contributed by atoms with Gasteiger partial charge in [-0.15, -0.1) is 0 Å². The lowest BCUT2D eigenvalue weighted by atomic mass is 10.1. The summed E-state index contributed by atoms with van der Waals surface area (Å²) < 4.78 is 10.0. The van der Waals surface area contributed by atoms with Gasteiger partial charge in [0.05, 0.1) is 18.9 Å². The summed E-state index contributed by atoms with van der Waals surface area (Å²) in [5, 5.41) is 9.69. The van der Waals surface area contributed by atoms with Crippen LogP contribution in [0.3, 0.4) is 0 Å². The molecule has 0 saturated heterocycles. The molecule has 0 spiro atoms. The minimum absolute atomic E-state index is 0.108. The third-order valence-corrected chi connectivity index (χ3v) is 2.41. The molecular weight excluding hydrogens is 232 g/mol. The summed E-state index contributed by atoms with van der Waals surface area (Å²) in [6.07, 6.45) is 4.42. The van der Waals surface area contributed by atoms with E-state index in [2.05, 4.69) is 0 Å². The number of benzene rings is 1. The van der Waals surface area contributed by atoms with E-state index in [0.29, 0.717) is 11.5 Å². The van der Waals surface area contributed by atoms with Crippen molar-refractivity contribution in [1.29, 1.82) is 0 Å².